The second-order valence-corrected chi connectivity index (χ2v) is 11.8. The first kappa shape index (κ1) is 27.4. The molecule has 2 N–H and O–H groups in total. The summed E-state index contributed by atoms with van der Waals surface area (Å²) in [5.74, 6) is -0.182. The van der Waals surface area contributed by atoms with Crippen molar-refractivity contribution in [3.05, 3.63) is 53.1 Å². The molecule has 0 unspecified atom stereocenters. The van der Waals surface area contributed by atoms with Crippen LogP contribution in [0.3, 0.4) is 0 Å². The van der Waals surface area contributed by atoms with Gasteiger partial charge in [-0.05, 0) is 49.7 Å². The molecule has 2 aromatic carbocycles. The van der Waals surface area contributed by atoms with Crippen molar-refractivity contribution in [2.45, 2.75) is 36.2 Å². The van der Waals surface area contributed by atoms with Gasteiger partial charge in [-0.15, -0.1) is 0 Å². The molecule has 35 heavy (non-hydrogen) atoms. The Morgan fingerprint density at radius 3 is 2.31 bits per heavy atom. The highest BCUT2D eigenvalue weighted by atomic mass is 35.5. The van der Waals surface area contributed by atoms with Gasteiger partial charge in [-0.25, -0.2) is 16.8 Å². The molecule has 3 rings (SSSR count). The van der Waals surface area contributed by atoms with Gasteiger partial charge < -0.3 is 14.8 Å². The lowest BCUT2D eigenvalue weighted by atomic mass is 10.2. The highest BCUT2D eigenvalue weighted by Crippen LogP contribution is 2.27. The maximum atomic E-state index is 12.7. The Bertz CT molecular complexity index is 1250. The summed E-state index contributed by atoms with van der Waals surface area (Å²) in [6.07, 6.45) is 0. The Labute approximate surface area is 210 Å². The summed E-state index contributed by atoms with van der Waals surface area (Å²) in [6, 6.07) is 9.15. The monoisotopic (exact) mass is 545 g/mol. The van der Waals surface area contributed by atoms with Crippen LogP contribution in [0.2, 0.25) is 5.02 Å². The molecule has 2 aromatic rings. The average molecular weight is 546 g/mol. The van der Waals surface area contributed by atoms with E-state index in [1.165, 1.54) is 41.6 Å². The number of amides is 1. The Morgan fingerprint density at radius 2 is 1.71 bits per heavy atom. The number of morpholine rings is 1. The van der Waals surface area contributed by atoms with E-state index in [9.17, 15) is 21.6 Å². The van der Waals surface area contributed by atoms with Crippen LogP contribution in [0.5, 0.6) is 5.75 Å². The number of sulfonamides is 2. The second kappa shape index (κ2) is 11.7. The maximum absolute atomic E-state index is 12.7. The molecule has 13 heteroatoms. The SMILES string of the molecule is CCOc1ccc(S(=O)(=O)N[C@H](C)C(=O)NCc2ccc(S(=O)(=O)N3CCOCC3)cc2)cc1Cl. The van der Waals surface area contributed by atoms with E-state index >= 15 is 0 Å². The molecular weight excluding hydrogens is 518 g/mol. The van der Waals surface area contributed by atoms with Crippen molar-refractivity contribution in [1.29, 1.82) is 0 Å². The second-order valence-electron chi connectivity index (χ2n) is 7.75. The lowest BCUT2D eigenvalue weighted by molar-refractivity contribution is -0.122. The maximum Gasteiger partial charge on any atom is 0.243 e. The predicted octanol–water partition coefficient (Wildman–Crippen LogP) is 1.74. The van der Waals surface area contributed by atoms with Gasteiger partial charge >= 0.3 is 0 Å². The zero-order valence-electron chi connectivity index (χ0n) is 19.4. The number of ether oxygens (including phenoxy) is 2. The smallest absolute Gasteiger partial charge is 0.243 e. The molecule has 0 aromatic heterocycles. The standard InChI is InChI=1S/C22H28ClN3O7S2/c1-3-33-21-9-8-19(14-20(21)23)34(28,29)25-16(2)22(27)24-15-17-4-6-18(7-5-17)35(30,31)26-10-12-32-13-11-26/h4-9,14,16,25H,3,10-13,15H2,1-2H3,(H,24,27)/t16-/m1/s1. The molecule has 0 radical (unpaired) electrons. The molecule has 0 aliphatic carbocycles. The molecule has 10 nitrogen and oxygen atoms in total. The van der Waals surface area contributed by atoms with E-state index in [2.05, 4.69) is 10.0 Å². The molecule has 0 spiro atoms. The number of carbonyl (C=O) groups is 1. The number of nitrogens with one attached hydrogen (secondary N) is 2. The lowest BCUT2D eigenvalue weighted by Crippen LogP contribution is -2.44. The van der Waals surface area contributed by atoms with Crippen LogP contribution in [0, 0.1) is 0 Å². The lowest BCUT2D eigenvalue weighted by Gasteiger charge is -2.26. The van der Waals surface area contributed by atoms with E-state index in [1.54, 1.807) is 19.1 Å². The summed E-state index contributed by atoms with van der Waals surface area (Å²) in [5, 5.41) is 2.79. The van der Waals surface area contributed by atoms with Crippen LogP contribution >= 0.6 is 11.6 Å². The fourth-order valence-corrected chi connectivity index (χ4v) is 6.27. The average Bonchev–Trinajstić information content (AvgIpc) is 2.84. The van der Waals surface area contributed by atoms with Crippen molar-refractivity contribution in [1.82, 2.24) is 14.3 Å². The summed E-state index contributed by atoms with van der Waals surface area (Å²) in [4.78, 5) is 12.5. The minimum absolute atomic E-state index is 0.0948. The third-order valence-electron chi connectivity index (χ3n) is 5.24. The zero-order chi connectivity index (χ0) is 25.6. The van der Waals surface area contributed by atoms with E-state index in [0.29, 0.717) is 44.2 Å². The van der Waals surface area contributed by atoms with E-state index in [4.69, 9.17) is 21.1 Å². The summed E-state index contributed by atoms with van der Waals surface area (Å²) < 4.78 is 64.9. The third-order valence-corrected chi connectivity index (χ3v) is 8.98. The molecule has 1 atom stereocenters. The van der Waals surface area contributed by atoms with Crippen LogP contribution in [-0.4, -0.2) is 66.0 Å². The first-order chi connectivity index (χ1) is 16.5. The Morgan fingerprint density at radius 1 is 1.09 bits per heavy atom. The number of hydrogen-bond acceptors (Lipinski definition) is 7. The highest BCUT2D eigenvalue weighted by Gasteiger charge is 2.26. The Kier molecular flexibility index (Phi) is 9.13. The number of benzene rings is 2. The quantitative estimate of drug-likeness (QED) is 0.465. The van der Waals surface area contributed by atoms with Gasteiger partial charge in [0.15, 0.2) is 0 Å². The van der Waals surface area contributed by atoms with Gasteiger partial charge in [0, 0.05) is 19.6 Å². The van der Waals surface area contributed by atoms with Crippen LogP contribution in [-0.2, 0) is 36.1 Å². The molecule has 0 saturated carbocycles. The zero-order valence-corrected chi connectivity index (χ0v) is 21.7. The molecule has 1 fully saturated rings. The molecular formula is C22H28ClN3O7S2. The minimum Gasteiger partial charge on any atom is -0.492 e. The van der Waals surface area contributed by atoms with E-state index in [0.717, 1.165) is 0 Å². The predicted molar refractivity (Wildman–Crippen MR) is 130 cm³/mol. The van der Waals surface area contributed by atoms with Gasteiger partial charge in [-0.1, -0.05) is 23.7 Å². The van der Waals surface area contributed by atoms with Crippen molar-refractivity contribution in [2.75, 3.05) is 32.9 Å². The number of nitrogens with zero attached hydrogens (tertiary/aromatic N) is 1. The fraction of sp³-hybridized carbons (Fsp3) is 0.409. The van der Waals surface area contributed by atoms with Gasteiger partial charge in [0.05, 0.1) is 40.7 Å². The fourth-order valence-electron chi connectivity index (χ4n) is 3.33. The summed E-state index contributed by atoms with van der Waals surface area (Å²) in [6.45, 7) is 5.00. The van der Waals surface area contributed by atoms with Gasteiger partial charge in [0.2, 0.25) is 26.0 Å². The van der Waals surface area contributed by atoms with Crippen molar-refractivity contribution in [2.24, 2.45) is 0 Å². The number of halogens is 1. The first-order valence-corrected chi connectivity index (χ1v) is 14.2. The van der Waals surface area contributed by atoms with E-state index in [1.807, 2.05) is 0 Å². The third kappa shape index (κ3) is 6.93. The van der Waals surface area contributed by atoms with Crippen LogP contribution < -0.4 is 14.8 Å². The Balaban J connectivity index is 1.57. The van der Waals surface area contributed by atoms with Crippen molar-refractivity contribution in [3.63, 3.8) is 0 Å². The van der Waals surface area contributed by atoms with Gasteiger partial charge in [0.1, 0.15) is 5.75 Å². The number of rotatable bonds is 10. The molecule has 0 bridgehead atoms. The Hall–Kier alpha value is -2.22. The molecule has 1 amide bonds. The first-order valence-electron chi connectivity index (χ1n) is 10.9. The van der Waals surface area contributed by atoms with E-state index in [-0.39, 0.29) is 21.4 Å². The van der Waals surface area contributed by atoms with Crippen molar-refractivity contribution in [3.8, 4) is 5.75 Å². The largest absolute Gasteiger partial charge is 0.492 e. The summed E-state index contributed by atoms with van der Waals surface area (Å²) in [7, 11) is -7.61. The van der Waals surface area contributed by atoms with Crippen LogP contribution in [0.15, 0.2) is 52.3 Å². The molecule has 192 valence electrons. The van der Waals surface area contributed by atoms with Crippen LogP contribution in [0.4, 0.5) is 0 Å². The minimum atomic E-state index is -4.01. The van der Waals surface area contributed by atoms with Crippen LogP contribution in [0.1, 0.15) is 19.4 Å². The molecule has 1 aliphatic heterocycles. The normalized spacial score (nSPS) is 16.0. The summed E-state index contributed by atoms with van der Waals surface area (Å²) in [5.41, 5.74) is 0.660. The molecule has 1 heterocycles. The van der Waals surface area contributed by atoms with Gasteiger partial charge in [0.25, 0.3) is 0 Å². The van der Waals surface area contributed by atoms with Crippen molar-refractivity contribution >= 4 is 37.6 Å². The van der Waals surface area contributed by atoms with E-state index < -0.39 is 32.0 Å². The van der Waals surface area contributed by atoms with Gasteiger partial charge in [-0.2, -0.15) is 9.03 Å². The van der Waals surface area contributed by atoms with Crippen LogP contribution in [0.25, 0.3) is 0 Å². The molecule has 1 saturated heterocycles. The molecule has 1 aliphatic rings. The number of hydrogen-bond donors (Lipinski definition) is 2. The number of carbonyl (C=O) groups excluding carboxylic acids is 1. The topological polar surface area (TPSA) is 131 Å². The van der Waals surface area contributed by atoms with Crippen molar-refractivity contribution < 1.29 is 31.1 Å². The summed E-state index contributed by atoms with van der Waals surface area (Å²) >= 11 is 6.07. The highest BCUT2D eigenvalue weighted by molar-refractivity contribution is 7.89. The van der Waals surface area contributed by atoms with Gasteiger partial charge in [-0.3, -0.25) is 4.79 Å².